The molecule has 176 valence electrons. The van der Waals surface area contributed by atoms with Crippen LogP contribution in [-0.4, -0.2) is 58.4 Å². The van der Waals surface area contributed by atoms with Gasteiger partial charge in [-0.25, -0.2) is 4.99 Å². The van der Waals surface area contributed by atoms with E-state index in [9.17, 15) is 0 Å². The van der Waals surface area contributed by atoms with Crippen LogP contribution in [0.2, 0.25) is 0 Å². The minimum absolute atomic E-state index is 0.177. The molecule has 0 aliphatic carbocycles. The molecule has 8 heteroatoms. The zero-order valence-corrected chi connectivity index (χ0v) is 19.9. The van der Waals surface area contributed by atoms with Crippen molar-refractivity contribution in [2.75, 3.05) is 47.5 Å². The Morgan fingerprint density at radius 3 is 2.28 bits per heavy atom. The first-order chi connectivity index (χ1) is 15.6. The molecule has 1 fully saturated rings. The molecule has 1 atom stereocenters. The van der Waals surface area contributed by atoms with Crippen LogP contribution in [0.4, 0.5) is 0 Å². The number of nitrogens with one attached hydrogen (secondary N) is 2. The summed E-state index contributed by atoms with van der Waals surface area (Å²) in [6, 6.07) is 8.14. The number of hydrogen-bond donors (Lipinski definition) is 2. The Kier molecular flexibility index (Phi) is 8.67. The maximum Gasteiger partial charge on any atom is 0.203 e. The van der Waals surface area contributed by atoms with E-state index in [1.165, 1.54) is 12.8 Å². The molecule has 0 bridgehead atoms. The van der Waals surface area contributed by atoms with Crippen molar-refractivity contribution in [3.8, 4) is 17.2 Å². The lowest BCUT2D eigenvalue weighted by Gasteiger charge is -2.26. The van der Waals surface area contributed by atoms with Crippen LogP contribution in [-0.2, 0) is 6.54 Å². The number of hydrogen-bond acceptors (Lipinski definition) is 6. The molecule has 1 aliphatic rings. The van der Waals surface area contributed by atoms with E-state index in [1.54, 1.807) is 21.3 Å². The highest BCUT2D eigenvalue weighted by molar-refractivity contribution is 5.79. The number of aliphatic imine (C=N–C) groups is 1. The Hall–Kier alpha value is -2.87. The third-order valence-electron chi connectivity index (χ3n) is 5.62. The van der Waals surface area contributed by atoms with E-state index in [-0.39, 0.29) is 6.04 Å². The maximum atomic E-state index is 5.97. The second-order valence-electron chi connectivity index (χ2n) is 7.82. The maximum absolute atomic E-state index is 5.97. The van der Waals surface area contributed by atoms with Crippen LogP contribution < -0.4 is 24.8 Å². The summed E-state index contributed by atoms with van der Waals surface area (Å²) >= 11 is 0. The normalized spacial score (nSPS) is 15.5. The van der Waals surface area contributed by atoms with Crippen molar-refractivity contribution in [1.82, 2.24) is 15.5 Å². The first-order valence-electron chi connectivity index (χ1n) is 11.2. The zero-order valence-electron chi connectivity index (χ0n) is 19.9. The van der Waals surface area contributed by atoms with Crippen molar-refractivity contribution in [3.05, 3.63) is 41.3 Å². The Morgan fingerprint density at radius 2 is 1.75 bits per heavy atom. The average molecular weight is 445 g/mol. The highest BCUT2D eigenvalue weighted by Gasteiger charge is 2.26. The molecule has 2 heterocycles. The summed E-state index contributed by atoms with van der Waals surface area (Å²) in [7, 11) is 4.83. The number of methoxy groups -OCH3 is 3. The van der Waals surface area contributed by atoms with Crippen LogP contribution in [0.1, 0.15) is 42.9 Å². The third-order valence-corrected chi connectivity index (χ3v) is 5.62. The zero-order chi connectivity index (χ0) is 22.9. The summed E-state index contributed by atoms with van der Waals surface area (Å²) in [5.74, 6) is 4.52. The van der Waals surface area contributed by atoms with Crippen LogP contribution in [0.15, 0.2) is 33.7 Å². The lowest BCUT2D eigenvalue weighted by molar-refractivity contribution is 0.213. The van der Waals surface area contributed by atoms with Crippen LogP contribution in [0.3, 0.4) is 0 Å². The van der Waals surface area contributed by atoms with E-state index in [0.717, 1.165) is 42.7 Å². The van der Waals surface area contributed by atoms with Gasteiger partial charge in [0, 0.05) is 13.1 Å². The number of furan rings is 1. The summed E-state index contributed by atoms with van der Waals surface area (Å²) < 4.78 is 22.3. The number of ether oxygens (including phenoxy) is 3. The molecular weight excluding hydrogens is 408 g/mol. The number of benzene rings is 1. The van der Waals surface area contributed by atoms with Gasteiger partial charge in [-0.1, -0.05) is 0 Å². The van der Waals surface area contributed by atoms with E-state index in [4.69, 9.17) is 23.6 Å². The molecule has 0 amide bonds. The summed E-state index contributed by atoms with van der Waals surface area (Å²) in [5.41, 5.74) is 0.967. The molecule has 1 aromatic carbocycles. The first kappa shape index (κ1) is 23.8. The van der Waals surface area contributed by atoms with Crippen molar-refractivity contribution in [2.24, 2.45) is 4.99 Å². The summed E-state index contributed by atoms with van der Waals surface area (Å²) in [6.07, 6.45) is 2.46. The quantitative estimate of drug-likeness (QED) is 0.429. The number of rotatable bonds is 10. The molecule has 3 rings (SSSR count). The molecule has 2 N–H and O–H groups in total. The summed E-state index contributed by atoms with van der Waals surface area (Å²) in [5, 5.41) is 6.84. The lowest BCUT2D eigenvalue weighted by atomic mass is 10.2. The van der Waals surface area contributed by atoms with Gasteiger partial charge >= 0.3 is 0 Å². The van der Waals surface area contributed by atoms with Gasteiger partial charge in [0.05, 0.1) is 33.9 Å². The fourth-order valence-corrected chi connectivity index (χ4v) is 4.03. The van der Waals surface area contributed by atoms with E-state index < -0.39 is 0 Å². The summed E-state index contributed by atoms with van der Waals surface area (Å²) in [4.78, 5) is 7.26. The van der Waals surface area contributed by atoms with Crippen molar-refractivity contribution >= 4 is 5.96 Å². The van der Waals surface area contributed by atoms with Gasteiger partial charge in [0.2, 0.25) is 5.75 Å². The van der Waals surface area contributed by atoms with Crippen molar-refractivity contribution < 1.29 is 18.6 Å². The van der Waals surface area contributed by atoms with E-state index in [0.29, 0.717) is 30.3 Å². The molecule has 1 saturated heterocycles. The van der Waals surface area contributed by atoms with Gasteiger partial charge in [0.25, 0.3) is 0 Å². The second-order valence-corrected chi connectivity index (χ2v) is 7.82. The minimum atomic E-state index is 0.177. The lowest BCUT2D eigenvalue weighted by Crippen LogP contribution is -2.42. The molecule has 1 aliphatic heterocycles. The van der Waals surface area contributed by atoms with Crippen molar-refractivity contribution in [3.63, 3.8) is 0 Å². The smallest absolute Gasteiger partial charge is 0.203 e. The van der Waals surface area contributed by atoms with E-state index in [1.807, 2.05) is 25.1 Å². The number of nitrogens with zero attached hydrogens (tertiary/aromatic N) is 2. The molecule has 1 aromatic heterocycles. The third kappa shape index (κ3) is 5.88. The molecule has 0 radical (unpaired) electrons. The number of guanidine groups is 1. The first-order valence-corrected chi connectivity index (χ1v) is 11.2. The topological polar surface area (TPSA) is 80.5 Å². The van der Waals surface area contributed by atoms with Crippen molar-refractivity contribution in [1.29, 1.82) is 0 Å². The molecule has 32 heavy (non-hydrogen) atoms. The second kappa shape index (κ2) is 11.7. The Morgan fingerprint density at radius 1 is 1.06 bits per heavy atom. The Bertz CT molecular complexity index is 865. The largest absolute Gasteiger partial charge is 0.493 e. The molecule has 8 nitrogen and oxygen atoms in total. The molecule has 2 aromatic rings. The van der Waals surface area contributed by atoms with Gasteiger partial charge < -0.3 is 29.3 Å². The van der Waals surface area contributed by atoms with E-state index >= 15 is 0 Å². The predicted octanol–water partition coefficient (Wildman–Crippen LogP) is 3.51. The van der Waals surface area contributed by atoms with Crippen LogP contribution in [0.5, 0.6) is 17.2 Å². The number of likely N-dealkylation sites (tertiary alicyclic amines) is 1. The van der Waals surface area contributed by atoms with Crippen molar-refractivity contribution in [2.45, 2.75) is 39.3 Å². The van der Waals surface area contributed by atoms with Gasteiger partial charge in [0.1, 0.15) is 11.5 Å². The Labute approximate surface area is 190 Å². The molecule has 0 spiro atoms. The van der Waals surface area contributed by atoms with E-state index in [2.05, 4.69) is 28.5 Å². The van der Waals surface area contributed by atoms with Gasteiger partial charge in [-0.05, 0) is 69.6 Å². The predicted molar refractivity (Wildman–Crippen MR) is 126 cm³/mol. The highest BCUT2D eigenvalue weighted by atomic mass is 16.5. The minimum Gasteiger partial charge on any atom is -0.493 e. The molecule has 0 saturated carbocycles. The van der Waals surface area contributed by atoms with Crippen LogP contribution in [0.25, 0.3) is 0 Å². The van der Waals surface area contributed by atoms with Crippen LogP contribution in [0, 0.1) is 6.92 Å². The van der Waals surface area contributed by atoms with Gasteiger partial charge in [0.15, 0.2) is 17.5 Å². The summed E-state index contributed by atoms with van der Waals surface area (Å²) in [6.45, 7) is 8.19. The van der Waals surface area contributed by atoms with Gasteiger partial charge in [-0.2, -0.15) is 0 Å². The Balaban J connectivity index is 1.74. The average Bonchev–Trinajstić information content (AvgIpc) is 3.49. The fourth-order valence-electron chi connectivity index (χ4n) is 4.03. The molecular formula is C24H36N4O4. The monoisotopic (exact) mass is 444 g/mol. The SMILES string of the molecule is CCNC(=NCc1cc(OC)c(OC)c(OC)c1)NCC(c1ccc(C)o1)N1CCCC1. The fraction of sp³-hybridized carbons (Fsp3) is 0.542. The molecule has 1 unspecified atom stereocenters. The van der Waals surface area contributed by atoms with Gasteiger partial charge in [-0.15, -0.1) is 0 Å². The van der Waals surface area contributed by atoms with Crippen LogP contribution >= 0.6 is 0 Å². The van der Waals surface area contributed by atoms with Gasteiger partial charge in [-0.3, -0.25) is 4.90 Å². The number of aryl methyl sites for hydroxylation is 1. The highest BCUT2D eigenvalue weighted by Crippen LogP contribution is 2.38. The standard InChI is InChI=1S/C24H36N4O4/c1-6-25-24(26-15-18-13-21(29-3)23(31-5)22(14-18)30-4)27-16-19(28-11-7-8-12-28)20-10-9-17(2)32-20/h9-10,13-14,19H,6-8,11-12,15-16H2,1-5H3,(H2,25,26,27).